The molecule has 1 atom stereocenters. The minimum atomic E-state index is -0.0492. The number of hydrogen-bond donors (Lipinski definition) is 1. The fourth-order valence-electron chi connectivity index (χ4n) is 4.00. The van der Waals surface area contributed by atoms with E-state index in [9.17, 15) is 4.79 Å². The lowest BCUT2D eigenvalue weighted by Gasteiger charge is -2.17. The number of amides is 1. The van der Waals surface area contributed by atoms with Gasteiger partial charge in [0.25, 0.3) is 0 Å². The van der Waals surface area contributed by atoms with Crippen LogP contribution in [0.4, 0.5) is 5.82 Å². The van der Waals surface area contributed by atoms with Gasteiger partial charge in [0.15, 0.2) is 0 Å². The highest BCUT2D eigenvalue weighted by Crippen LogP contribution is 2.47. The van der Waals surface area contributed by atoms with E-state index in [2.05, 4.69) is 36.5 Å². The fraction of sp³-hybridized carbons (Fsp3) is 0.185. The van der Waals surface area contributed by atoms with E-state index in [1.807, 2.05) is 65.3 Å². The molecule has 0 bridgehead atoms. The second-order valence-electron chi connectivity index (χ2n) is 7.88. The van der Waals surface area contributed by atoms with Crippen LogP contribution < -0.4 is 10.1 Å². The Labute approximate surface area is 197 Å². The summed E-state index contributed by atoms with van der Waals surface area (Å²) >= 11 is 1.62. The van der Waals surface area contributed by atoms with Gasteiger partial charge in [0.1, 0.15) is 11.6 Å². The van der Waals surface area contributed by atoms with E-state index in [4.69, 9.17) is 9.84 Å². The van der Waals surface area contributed by atoms with Crippen molar-refractivity contribution in [2.75, 3.05) is 17.7 Å². The highest BCUT2D eigenvalue weighted by atomic mass is 32.2. The first-order chi connectivity index (χ1) is 16.2. The summed E-state index contributed by atoms with van der Waals surface area (Å²) in [5.74, 6) is 1.93. The van der Waals surface area contributed by atoms with Crippen molar-refractivity contribution >= 4 is 23.5 Å². The summed E-state index contributed by atoms with van der Waals surface area (Å²) in [6, 6.07) is 28.3. The number of benzene rings is 3. The molecule has 1 amide bonds. The van der Waals surface area contributed by atoms with Crippen molar-refractivity contribution in [3.63, 3.8) is 0 Å². The number of hydrogen-bond acceptors (Lipinski definition) is 4. The van der Waals surface area contributed by atoms with Gasteiger partial charge in [-0.2, -0.15) is 5.10 Å². The third-order valence-corrected chi connectivity index (χ3v) is 6.80. The van der Waals surface area contributed by atoms with Gasteiger partial charge in [0.2, 0.25) is 5.91 Å². The minimum absolute atomic E-state index is 0.0247. The predicted molar refractivity (Wildman–Crippen MR) is 134 cm³/mol. The van der Waals surface area contributed by atoms with Gasteiger partial charge in [-0.05, 0) is 36.2 Å². The molecule has 3 aromatic carbocycles. The fourth-order valence-corrected chi connectivity index (χ4v) is 5.13. The van der Waals surface area contributed by atoms with Gasteiger partial charge in [-0.1, -0.05) is 67.6 Å². The molecule has 4 aromatic rings. The summed E-state index contributed by atoms with van der Waals surface area (Å²) in [6.45, 7) is 2.79. The standard InChI is InChI=1S/C27H25N3O2S/c1-2-17-32-22-15-13-20(14-16-22)26-24-25(19-9-5-3-6-10-19)29-30(21-11-7-4-8-12-21)27(24)28-23(31)18-33-26/h3-16,26H,2,17-18H2,1H3,(H,28,31)/t26-/m1/s1. The molecule has 0 saturated carbocycles. The lowest BCUT2D eigenvalue weighted by molar-refractivity contribution is -0.113. The van der Waals surface area contributed by atoms with Crippen molar-refractivity contribution < 1.29 is 9.53 Å². The van der Waals surface area contributed by atoms with Crippen molar-refractivity contribution in [1.82, 2.24) is 9.78 Å². The molecule has 1 aliphatic rings. The number of rotatable bonds is 6. The molecule has 5 nitrogen and oxygen atoms in total. The van der Waals surface area contributed by atoms with E-state index >= 15 is 0 Å². The number of nitrogens with zero attached hydrogens (tertiary/aromatic N) is 2. The number of ether oxygens (including phenoxy) is 1. The largest absolute Gasteiger partial charge is 0.494 e. The molecule has 0 saturated heterocycles. The second-order valence-corrected chi connectivity index (χ2v) is 8.97. The predicted octanol–water partition coefficient (Wildman–Crippen LogP) is 6.10. The lowest BCUT2D eigenvalue weighted by atomic mass is 10.00. The van der Waals surface area contributed by atoms with Crippen LogP contribution in [0.2, 0.25) is 0 Å². The SMILES string of the molecule is CCCOc1ccc([C@H]2SCC(=O)Nc3c2c(-c2ccccc2)nn3-c2ccccc2)cc1. The van der Waals surface area contributed by atoms with E-state index in [1.165, 1.54) is 0 Å². The molecule has 1 aromatic heterocycles. The van der Waals surface area contributed by atoms with Crippen LogP contribution in [0.1, 0.15) is 29.7 Å². The van der Waals surface area contributed by atoms with Crippen LogP contribution in [0.25, 0.3) is 16.9 Å². The van der Waals surface area contributed by atoms with Crippen LogP contribution >= 0.6 is 11.8 Å². The smallest absolute Gasteiger partial charge is 0.235 e. The zero-order valence-corrected chi connectivity index (χ0v) is 19.2. The number of thioether (sulfide) groups is 1. The Morgan fingerprint density at radius 1 is 1.00 bits per heavy atom. The molecular weight excluding hydrogens is 430 g/mol. The molecule has 0 aliphatic carbocycles. The summed E-state index contributed by atoms with van der Waals surface area (Å²) in [4.78, 5) is 12.7. The molecule has 1 aliphatic heterocycles. The van der Waals surface area contributed by atoms with Crippen LogP contribution in [0.3, 0.4) is 0 Å². The van der Waals surface area contributed by atoms with Gasteiger partial charge in [0, 0.05) is 11.1 Å². The maximum absolute atomic E-state index is 12.7. The van der Waals surface area contributed by atoms with Gasteiger partial charge in [-0.25, -0.2) is 4.68 Å². The molecule has 0 radical (unpaired) electrons. The number of nitrogens with one attached hydrogen (secondary N) is 1. The molecule has 0 unspecified atom stereocenters. The topological polar surface area (TPSA) is 56.1 Å². The Bertz CT molecular complexity index is 1240. The lowest BCUT2D eigenvalue weighted by Crippen LogP contribution is -2.15. The van der Waals surface area contributed by atoms with Crippen molar-refractivity contribution in [2.45, 2.75) is 18.6 Å². The number of aromatic nitrogens is 2. The molecule has 166 valence electrons. The summed E-state index contributed by atoms with van der Waals surface area (Å²) in [5, 5.41) is 8.09. The van der Waals surface area contributed by atoms with E-state index < -0.39 is 0 Å². The minimum Gasteiger partial charge on any atom is -0.494 e. The van der Waals surface area contributed by atoms with Gasteiger partial charge >= 0.3 is 0 Å². The Morgan fingerprint density at radius 2 is 1.70 bits per heavy atom. The maximum atomic E-state index is 12.7. The van der Waals surface area contributed by atoms with E-state index in [-0.39, 0.29) is 11.2 Å². The number of fused-ring (bicyclic) bond motifs is 1. The third-order valence-electron chi connectivity index (χ3n) is 5.53. The highest BCUT2D eigenvalue weighted by molar-refractivity contribution is 8.00. The zero-order valence-electron chi connectivity index (χ0n) is 18.4. The summed E-state index contributed by atoms with van der Waals surface area (Å²) in [7, 11) is 0. The number of carbonyl (C=O) groups excluding carboxylic acids is 1. The quantitative estimate of drug-likeness (QED) is 0.381. The first-order valence-electron chi connectivity index (χ1n) is 11.1. The first kappa shape index (κ1) is 21.3. The Hall–Kier alpha value is -3.51. The van der Waals surface area contributed by atoms with Crippen LogP contribution in [0, 0.1) is 0 Å². The first-order valence-corrected chi connectivity index (χ1v) is 12.2. The summed E-state index contributed by atoms with van der Waals surface area (Å²) < 4.78 is 7.63. The van der Waals surface area contributed by atoms with Gasteiger partial charge in [0.05, 0.1) is 29.0 Å². The zero-order chi connectivity index (χ0) is 22.6. The van der Waals surface area contributed by atoms with E-state index in [0.717, 1.165) is 46.1 Å². The van der Waals surface area contributed by atoms with E-state index in [1.54, 1.807) is 11.8 Å². The van der Waals surface area contributed by atoms with Crippen molar-refractivity contribution in [3.8, 4) is 22.7 Å². The Balaban J connectivity index is 1.68. The average molecular weight is 456 g/mol. The van der Waals surface area contributed by atoms with Crippen molar-refractivity contribution in [2.24, 2.45) is 0 Å². The molecule has 6 heteroatoms. The van der Waals surface area contributed by atoms with Crippen LogP contribution in [-0.4, -0.2) is 28.0 Å². The van der Waals surface area contributed by atoms with Gasteiger partial charge in [-0.15, -0.1) is 11.8 Å². The molecule has 5 rings (SSSR count). The number of carbonyl (C=O) groups is 1. The summed E-state index contributed by atoms with van der Waals surface area (Å²) in [6.07, 6.45) is 0.969. The molecule has 0 spiro atoms. The van der Waals surface area contributed by atoms with E-state index in [0.29, 0.717) is 12.4 Å². The van der Waals surface area contributed by atoms with Crippen LogP contribution in [0.15, 0.2) is 84.9 Å². The second kappa shape index (κ2) is 9.55. The number of anilines is 1. The molecule has 1 N–H and O–H groups in total. The maximum Gasteiger partial charge on any atom is 0.235 e. The number of para-hydroxylation sites is 1. The Kier molecular flexibility index (Phi) is 6.17. The van der Waals surface area contributed by atoms with Crippen molar-refractivity contribution in [1.29, 1.82) is 0 Å². The van der Waals surface area contributed by atoms with Crippen molar-refractivity contribution in [3.05, 3.63) is 96.1 Å². The van der Waals surface area contributed by atoms with Crippen LogP contribution in [-0.2, 0) is 4.79 Å². The highest BCUT2D eigenvalue weighted by Gasteiger charge is 2.32. The molecule has 2 heterocycles. The van der Waals surface area contributed by atoms with Gasteiger partial charge < -0.3 is 10.1 Å². The third kappa shape index (κ3) is 4.39. The molecule has 0 fully saturated rings. The van der Waals surface area contributed by atoms with Crippen LogP contribution in [0.5, 0.6) is 5.75 Å². The monoisotopic (exact) mass is 455 g/mol. The molecule has 33 heavy (non-hydrogen) atoms. The normalized spacial score (nSPS) is 15.4. The molecular formula is C27H25N3O2S. The Morgan fingerprint density at radius 3 is 2.39 bits per heavy atom. The van der Waals surface area contributed by atoms with Gasteiger partial charge in [-0.3, -0.25) is 4.79 Å². The average Bonchev–Trinajstić information content (AvgIpc) is 3.14. The summed E-state index contributed by atoms with van der Waals surface area (Å²) in [5.41, 5.74) is 4.94.